The van der Waals surface area contributed by atoms with Gasteiger partial charge in [0.25, 0.3) is 7.82 Å². The summed E-state index contributed by atoms with van der Waals surface area (Å²) in [7, 11) is 1.29. The summed E-state index contributed by atoms with van der Waals surface area (Å²) < 4.78 is 34.2. The van der Waals surface area contributed by atoms with E-state index in [0.29, 0.717) is 23.9 Å². The fourth-order valence-electron chi connectivity index (χ4n) is 5.17. The Hall–Kier alpha value is -2.52. The number of phosphoric ester groups is 1. The number of carbonyl (C=O) groups excluding carboxylic acids is 1. The van der Waals surface area contributed by atoms with Crippen LogP contribution in [0.2, 0.25) is 0 Å². The van der Waals surface area contributed by atoms with Crippen LogP contribution in [-0.4, -0.2) is 75.3 Å². The molecule has 10 heteroatoms. The maximum Gasteiger partial charge on any atom is 0.305 e. The largest absolute Gasteiger partial charge is 0.756 e. The molecule has 0 heterocycles. The molecule has 0 spiro atoms. The molecule has 0 aromatic heterocycles. The number of rotatable bonds is 38. The van der Waals surface area contributed by atoms with Crippen LogP contribution in [0.4, 0.5) is 0 Å². The normalized spacial score (nSPS) is 15.1. The van der Waals surface area contributed by atoms with E-state index in [1.54, 1.807) is 6.26 Å². The van der Waals surface area contributed by atoms with Crippen LogP contribution in [0, 0.1) is 0 Å². The van der Waals surface area contributed by atoms with Gasteiger partial charge in [-0.25, -0.2) is 0 Å². The molecule has 322 valence electrons. The average molecular weight is 806 g/mol. The number of esters is 1. The van der Waals surface area contributed by atoms with Crippen molar-refractivity contribution in [2.75, 3.05) is 47.5 Å². The third-order valence-electron chi connectivity index (χ3n) is 8.59. The van der Waals surface area contributed by atoms with Crippen molar-refractivity contribution < 1.29 is 42.4 Å². The quantitative estimate of drug-likeness (QED) is 0.0125. The number of unbranched alkanes of at least 4 members (excludes halogenated alkanes) is 12. The van der Waals surface area contributed by atoms with Gasteiger partial charge >= 0.3 is 5.97 Å². The van der Waals surface area contributed by atoms with Gasteiger partial charge in [0.1, 0.15) is 19.8 Å². The lowest BCUT2D eigenvalue weighted by Crippen LogP contribution is -2.37. The van der Waals surface area contributed by atoms with Gasteiger partial charge in [0.2, 0.25) is 0 Å². The van der Waals surface area contributed by atoms with Crippen molar-refractivity contribution in [2.24, 2.45) is 0 Å². The summed E-state index contributed by atoms with van der Waals surface area (Å²) in [6.07, 6.45) is 47.6. The smallest absolute Gasteiger partial charge is 0.305 e. The van der Waals surface area contributed by atoms with Gasteiger partial charge in [-0.05, 0) is 83.1 Å². The minimum Gasteiger partial charge on any atom is -0.756 e. The third kappa shape index (κ3) is 41.1. The van der Waals surface area contributed by atoms with E-state index < -0.39 is 20.0 Å². The lowest BCUT2D eigenvalue weighted by Gasteiger charge is -2.28. The van der Waals surface area contributed by atoms with Crippen LogP contribution in [0.1, 0.15) is 142 Å². The zero-order valence-corrected chi connectivity index (χ0v) is 36.8. The molecule has 0 rings (SSSR count). The van der Waals surface area contributed by atoms with Gasteiger partial charge in [0.05, 0.1) is 40.1 Å². The number of quaternary nitrogens is 1. The lowest BCUT2D eigenvalue weighted by atomic mass is 10.1. The second-order valence-electron chi connectivity index (χ2n) is 15.2. The summed E-state index contributed by atoms with van der Waals surface area (Å²) in [6.45, 7) is 4.35. The second kappa shape index (κ2) is 38.0. The number of hydrogen-bond acceptors (Lipinski definition) is 8. The molecule has 0 amide bonds. The summed E-state index contributed by atoms with van der Waals surface area (Å²) in [5, 5.41) is 9.77. The lowest BCUT2D eigenvalue weighted by molar-refractivity contribution is -0.870. The van der Waals surface area contributed by atoms with Gasteiger partial charge < -0.3 is 33.0 Å². The highest BCUT2D eigenvalue weighted by atomic mass is 31.2. The number of aliphatic hydroxyl groups excluding tert-OH is 1. The van der Waals surface area contributed by atoms with E-state index in [1.807, 2.05) is 64.5 Å². The molecule has 1 N–H and O–H groups in total. The first-order chi connectivity index (χ1) is 27.0. The van der Waals surface area contributed by atoms with Crippen LogP contribution in [0.25, 0.3) is 0 Å². The Bertz CT molecular complexity index is 1180. The molecule has 0 bridgehead atoms. The topological polar surface area (TPSA) is 114 Å². The Kier molecular flexibility index (Phi) is 36.3. The summed E-state index contributed by atoms with van der Waals surface area (Å²) in [6, 6.07) is 0. The summed E-state index contributed by atoms with van der Waals surface area (Å²) in [5.74, 6) is -0.370. The van der Waals surface area contributed by atoms with E-state index >= 15 is 0 Å². The molecule has 56 heavy (non-hydrogen) atoms. The molecule has 0 radical (unpaired) electrons. The van der Waals surface area contributed by atoms with Gasteiger partial charge in [-0.2, -0.15) is 0 Å². The van der Waals surface area contributed by atoms with Crippen LogP contribution in [0.15, 0.2) is 85.3 Å². The number of likely N-dealkylation sites (N-methyl/N-ethyl adjacent to an activating group) is 1. The highest BCUT2D eigenvalue weighted by Crippen LogP contribution is 2.38. The zero-order chi connectivity index (χ0) is 41.4. The monoisotopic (exact) mass is 806 g/mol. The van der Waals surface area contributed by atoms with Crippen molar-refractivity contribution in [3.63, 3.8) is 0 Å². The first kappa shape index (κ1) is 53.5. The van der Waals surface area contributed by atoms with Crippen molar-refractivity contribution in [2.45, 2.75) is 154 Å². The van der Waals surface area contributed by atoms with Crippen LogP contribution in [0.5, 0.6) is 0 Å². The van der Waals surface area contributed by atoms with Gasteiger partial charge in [0.15, 0.2) is 6.10 Å². The molecule has 3 atom stereocenters. The van der Waals surface area contributed by atoms with E-state index in [-0.39, 0.29) is 32.2 Å². The minimum absolute atomic E-state index is 0.00486. The Morgan fingerprint density at radius 2 is 1.27 bits per heavy atom. The molecule has 2 unspecified atom stereocenters. The number of nitrogens with zero attached hydrogens (tertiary/aromatic N) is 1. The van der Waals surface area contributed by atoms with Gasteiger partial charge in [-0.1, -0.05) is 132 Å². The molecule has 0 aliphatic heterocycles. The fraction of sp³-hybridized carbons (Fsp3) is 0.674. The highest BCUT2D eigenvalue weighted by molar-refractivity contribution is 7.45. The van der Waals surface area contributed by atoms with Crippen molar-refractivity contribution >= 4 is 13.8 Å². The molecule has 0 aliphatic carbocycles. The van der Waals surface area contributed by atoms with Crippen LogP contribution in [0.3, 0.4) is 0 Å². The van der Waals surface area contributed by atoms with E-state index in [0.717, 1.165) is 51.4 Å². The molecule has 9 nitrogen and oxygen atoms in total. The van der Waals surface area contributed by atoms with Gasteiger partial charge in [-0.3, -0.25) is 9.36 Å². The van der Waals surface area contributed by atoms with E-state index in [4.69, 9.17) is 18.5 Å². The molecular formula is C46H80NO8P. The maximum atomic E-state index is 12.4. The molecule has 0 aromatic carbocycles. The maximum absolute atomic E-state index is 12.4. The van der Waals surface area contributed by atoms with Crippen molar-refractivity contribution in [3.8, 4) is 0 Å². The zero-order valence-electron chi connectivity index (χ0n) is 35.9. The van der Waals surface area contributed by atoms with E-state index in [9.17, 15) is 19.4 Å². The standard InChI is InChI=1S/C46H80NO8P/c1-6-8-10-11-12-13-14-15-16-17-20-23-26-29-32-35-40-52-45(43-55-56(50,51)54-41-39-47(3,4)5)42-53-46(49)38-34-31-28-25-22-19-18-21-24-27-30-33-37-44(48)36-9-7-2/h9,15-16,18-19,24-25,27-28,30,33,35-36,40,44-45,48H,6-8,10-14,17,20-23,26,29,31-32,34,37-39,41-43H2,1-5H3/b16-15-,19-18-,27-24-,28-25-,33-30+,36-9-,40-35+/t44?,45-/m1/s1. The van der Waals surface area contributed by atoms with Crippen LogP contribution in [-0.2, 0) is 27.9 Å². The number of phosphoric acid groups is 1. The first-order valence-electron chi connectivity index (χ1n) is 21.5. The summed E-state index contributed by atoms with van der Waals surface area (Å²) in [4.78, 5) is 24.8. The SMILES string of the molecule is CC/C=C\C(O)C/C=C/C=C\C/C=C\C/C=C\CCCC(=O)OC[C@H](COP(=O)([O-])OCC[N+](C)(C)C)O/C=C/CCCCCC/C=C\CCCCCCCC. The van der Waals surface area contributed by atoms with Gasteiger partial charge in [0, 0.05) is 6.42 Å². The predicted molar refractivity (Wildman–Crippen MR) is 232 cm³/mol. The Balaban J connectivity index is 4.47. The molecule has 0 aliphatic rings. The molecule has 0 saturated heterocycles. The van der Waals surface area contributed by atoms with Crippen molar-refractivity contribution in [1.82, 2.24) is 0 Å². The third-order valence-corrected chi connectivity index (χ3v) is 9.56. The fourth-order valence-corrected chi connectivity index (χ4v) is 5.90. The minimum atomic E-state index is -4.54. The number of allylic oxidation sites excluding steroid dienone is 11. The first-order valence-corrected chi connectivity index (χ1v) is 22.9. The average Bonchev–Trinajstić information content (AvgIpc) is 3.15. The van der Waals surface area contributed by atoms with Crippen molar-refractivity contribution in [3.05, 3.63) is 85.3 Å². The Labute approximate surface area is 342 Å². The predicted octanol–water partition coefficient (Wildman–Crippen LogP) is 11.2. The number of ether oxygens (including phenoxy) is 2. The number of hydrogen-bond donors (Lipinski definition) is 1. The summed E-state index contributed by atoms with van der Waals surface area (Å²) >= 11 is 0. The van der Waals surface area contributed by atoms with Gasteiger partial charge in [-0.15, -0.1) is 0 Å². The van der Waals surface area contributed by atoms with Crippen LogP contribution >= 0.6 is 7.82 Å². The second-order valence-corrected chi connectivity index (χ2v) is 16.6. The molecular weight excluding hydrogens is 725 g/mol. The molecule has 0 aromatic rings. The van der Waals surface area contributed by atoms with Crippen LogP contribution < -0.4 is 4.89 Å². The number of carbonyl (C=O) groups is 1. The van der Waals surface area contributed by atoms with E-state index in [2.05, 4.69) is 49.5 Å². The molecule has 0 saturated carbocycles. The van der Waals surface area contributed by atoms with Crippen molar-refractivity contribution in [1.29, 1.82) is 0 Å². The highest BCUT2D eigenvalue weighted by Gasteiger charge is 2.19. The Morgan fingerprint density at radius 1 is 0.696 bits per heavy atom. The van der Waals surface area contributed by atoms with E-state index in [1.165, 1.54) is 57.8 Å². The summed E-state index contributed by atoms with van der Waals surface area (Å²) in [5.41, 5.74) is 0. The molecule has 0 fully saturated rings. The Morgan fingerprint density at radius 3 is 1.93 bits per heavy atom. The number of aliphatic hydroxyl groups is 1.